The smallest absolute Gasteiger partial charge is 0.302 e. The van der Waals surface area contributed by atoms with Crippen LogP contribution < -0.4 is 0 Å². The van der Waals surface area contributed by atoms with Crippen molar-refractivity contribution in [2.45, 2.75) is 32.3 Å². The number of esters is 1. The average Bonchev–Trinajstić information content (AvgIpc) is 2.03. The van der Waals surface area contributed by atoms with E-state index in [1.807, 2.05) is 0 Å². The van der Waals surface area contributed by atoms with Gasteiger partial charge in [0.1, 0.15) is 6.61 Å². The molecule has 0 saturated carbocycles. The summed E-state index contributed by atoms with van der Waals surface area (Å²) in [5, 5.41) is 0. The van der Waals surface area contributed by atoms with Crippen molar-refractivity contribution in [1.29, 1.82) is 0 Å². The standard InChI is InChI=1S/C8H14O3/c1-7(9)11-6-8-4-2-3-5-10-8/h8H,2-6H2,1H3. The molecule has 3 nitrogen and oxygen atoms in total. The third-order valence-electron chi connectivity index (χ3n) is 1.75. The summed E-state index contributed by atoms with van der Waals surface area (Å²) >= 11 is 0. The van der Waals surface area contributed by atoms with E-state index in [1.165, 1.54) is 13.3 Å². The fourth-order valence-electron chi connectivity index (χ4n) is 1.15. The molecule has 1 saturated heterocycles. The van der Waals surface area contributed by atoms with Gasteiger partial charge < -0.3 is 9.47 Å². The molecule has 3 heteroatoms. The van der Waals surface area contributed by atoms with Crippen molar-refractivity contribution in [1.82, 2.24) is 0 Å². The van der Waals surface area contributed by atoms with Crippen LogP contribution in [0.1, 0.15) is 26.2 Å². The average molecular weight is 158 g/mol. The van der Waals surface area contributed by atoms with Gasteiger partial charge >= 0.3 is 5.97 Å². The van der Waals surface area contributed by atoms with Crippen LogP contribution in [0.4, 0.5) is 0 Å². The third-order valence-corrected chi connectivity index (χ3v) is 1.75. The van der Waals surface area contributed by atoms with Crippen molar-refractivity contribution < 1.29 is 14.3 Å². The molecule has 1 unspecified atom stereocenters. The second kappa shape index (κ2) is 4.34. The number of hydrogen-bond acceptors (Lipinski definition) is 3. The second-order valence-corrected chi connectivity index (χ2v) is 2.79. The maximum atomic E-state index is 10.4. The Bertz CT molecular complexity index is 127. The normalized spacial score (nSPS) is 24.6. The van der Waals surface area contributed by atoms with Gasteiger partial charge in [0.15, 0.2) is 0 Å². The quantitative estimate of drug-likeness (QED) is 0.565. The van der Waals surface area contributed by atoms with Gasteiger partial charge in [0.05, 0.1) is 6.10 Å². The SMILES string of the molecule is CC(=O)OCC1CCCCO1. The predicted octanol–water partition coefficient (Wildman–Crippen LogP) is 1.12. The number of hydrogen-bond donors (Lipinski definition) is 0. The van der Waals surface area contributed by atoms with E-state index in [-0.39, 0.29) is 12.1 Å². The highest BCUT2D eigenvalue weighted by Crippen LogP contribution is 2.12. The van der Waals surface area contributed by atoms with Crippen molar-refractivity contribution in [2.24, 2.45) is 0 Å². The molecule has 1 aliphatic rings. The van der Waals surface area contributed by atoms with Crippen LogP contribution >= 0.6 is 0 Å². The number of rotatable bonds is 2. The minimum Gasteiger partial charge on any atom is -0.463 e. The Labute approximate surface area is 66.7 Å². The predicted molar refractivity (Wildman–Crippen MR) is 40.2 cm³/mol. The maximum absolute atomic E-state index is 10.4. The summed E-state index contributed by atoms with van der Waals surface area (Å²) in [6, 6.07) is 0. The van der Waals surface area contributed by atoms with Crippen molar-refractivity contribution in [2.75, 3.05) is 13.2 Å². The lowest BCUT2D eigenvalue weighted by molar-refractivity contribution is -0.146. The zero-order chi connectivity index (χ0) is 8.10. The third kappa shape index (κ3) is 3.37. The Morgan fingerprint density at radius 2 is 2.45 bits per heavy atom. The van der Waals surface area contributed by atoms with Gasteiger partial charge in [0, 0.05) is 13.5 Å². The summed E-state index contributed by atoms with van der Waals surface area (Å²) in [7, 11) is 0. The topological polar surface area (TPSA) is 35.5 Å². The first kappa shape index (κ1) is 8.53. The van der Waals surface area contributed by atoms with Gasteiger partial charge in [-0.25, -0.2) is 0 Å². The van der Waals surface area contributed by atoms with Gasteiger partial charge in [0.25, 0.3) is 0 Å². The zero-order valence-corrected chi connectivity index (χ0v) is 6.84. The molecule has 0 amide bonds. The monoisotopic (exact) mass is 158 g/mol. The van der Waals surface area contributed by atoms with Crippen LogP contribution in [0.2, 0.25) is 0 Å². The highest BCUT2D eigenvalue weighted by atomic mass is 16.6. The van der Waals surface area contributed by atoms with Crippen LogP contribution in [-0.4, -0.2) is 25.3 Å². The Balaban J connectivity index is 2.09. The van der Waals surface area contributed by atoms with Crippen molar-refractivity contribution in [3.05, 3.63) is 0 Å². The van der Waals surface area contributed by atoms with Crippen LogP contribution in [0.3, 0.4) is 0 Å². The molecule has 1 fully saturated rings. The molecule has 11 heavy (non-hydrogen) atoms. The number of carbonyl (C=O) groups excluding carboxylic acids is 1. The molecule has 0 N–H and O–H groups in total. The van der Waals surface area contributed by atoms with Gasteiger partial charge in [0.2, 0.25) is 0 Å². The van der Waals surface area contributed by atoms with Gasteiger partial charge in [-0.15, -0.1) is 0 Å². The van der Waals surface area contributed by atoms with Crippen molar-refractivity contribution in [3.63, 3.8) is 0 Å². The molecule has 0 aromatic rings. The summed E-state index contributed by atoms with van der Waals surface area (Å²) in [5.41, 5.74) is 0. The van der Waals surface area contributed by atoms with Crippen LogP contribution in [0, 0.1) is 0 Å². The molecule has 0 aliphatic carbocycles. The lowest BCUT2D eigenvalue weighted by Crippen LogP contribution is -2.25. The lowest BCUT2D eigenvalue weighted by Gasteiger charge is -2.21. The molecule has 0 bridgehead atoms. The molecule has 1 aliphatic heterocycles. The Kier molecular flexibility index (Phi) is 3.36. The summed E-state index contributed by atoms with van der Waals surface area (Å²) < 4.78 is 10.2. The zero-order valence-electron chi connectivity index (χ0n) is 6.84. The van der Waals surface area contributed by atoms with E-state index in [0.29, 0.717) is 6.61 Å². The van der Waals surface area contributed by atoms with Crippen LogP contribution in [-0.2, 0) is 14.3 Å². The molecule has 0 radical (unpaired) electrons. The second-order valence-electron chi connectivity index (χ2n) is 2.79. The molecule has 0 aromatic carbocycles. The molecule has 1 heterocycles. The van der Waals surface area contributed by atoms with E-state index < -0.39 is 0 Å². The van der Waals surface area contributed by atoms with Gasteiger partial charge in [-0.05, 0) is 19.3 Å². The van der Waals surface area contributed by atoms with Crippen molar-refractivity contribution >= 4 is 5.97 Å². The fourth-order valence-corrected chi connectivity index (χ4v) is 1.15. The molecule has 1 rings (SSSR count). The molecular weight excluding hydrogens is 144 g/mol. The van der Waals surface area contributed by atoms with Crippen LogP contribution in [0.25, 0.3) is 0 Å². The van der Waals surface area contributed by atoms with Crippen molar-refractivity contribution in [3.8, 4) is 0 Å². The first-order chi connectivity index (χ1) is 5.29. The highest BCUT2D eigenvalue weighted by molar-refractivity contribution is 5.65. The van der Waals surface area contributed by atoms with Crippen LogP contribution in [0.5, 0.6) is 0 Å². The van der Waals surface area contributed by atoms with E-state index in [4.69, 9.17) is 9.47 Å². The van der Waals surface area contributed by atoms with E-state index in [2.05, 4.69) is 0 Å². The minimum atomic E-state index is -0.223. The first-order valence-corrected chi connectivity index (χ1v) is 4.04. The summed E-state index contributed by atoms with van der Waals surface area (Å²) in [6.45, 7) is 2.66. The largest absolute Gasteiger partial charge is 0.463 e. The van der Waals surface area contributed by atoms with Gasteiger partial charge in [-0.2, -0.15) is 0 Å². The molecule has 64 valence electrons. The van der Waals surface area contributed by atoms with Crippen LogP contribution in [0.15, 0.2) is 0 Å². The number of carbonyl (C=O) groups is 1. The lowest BCUT2D eigenvalue weighted by atomic mass is 10.1. The molecular formula is C8H14O3. The van der Waals surface area contributed by atoms with E-state index in [9.17, 15) is 4.79 Å². The van der Waals surface area contributed by atoms with Gasteiger partial charge in [-0.1, -0.05) is 0 Å². The maximum Gasteiger partial charge on any atom is 0.302 e. The van der Waals surface area contributed by atoms with E-state index in [1.54, 1.807) is 0 Å². The molecule has 1 atom stereocenters. The fraction of sp³-hybridized carbons (Fsp3) is 0.875. The Morgan fingerprint density at radius 3 is 3.00 bits per heavy atom. The van der Waals surface area contributed by atoms with E-state index >= 15 is 0 Å². The number of ether oxygens (including phenoxy) is 2. The van der Waals surface area contributed by atoms with Gasteiger partial charge in [-0.3, -0.25) is 4.79 Å². The summed E-state index contributed by atoms with van der Waals surface area (Å²) in [4.78, 5) is 10.4. The summed E-state index contributed by atoms with van der Waals surface area (Å²) in [5.74, 6) is -0.223. The first-order valence-electron chi connectivity index (χ1n) is 4.04. The molecule has 0 aromatic heterocycles. The molecule has 0 spiro atoms. The Morgan fingerprint density at radius 1 is 1.64 bits per heavy atom. The summed E-state index contributed by atoms with van der Waals surface area (Å²) in [6.07, 6.45) is 3.49. The van der Waals surface area contributed by atoms with E-state index in [0.717, 1.165) is 19.4 Å². The Hall–Kier alpha value is -0.570. The minimum absolute atomic E-state index is 0.146. The highest BCUT2D eigenvalue weighted by Gasteiger charge is 2.14.